The Morgan fingerprint density at radius 1 is 0.192 bits per heavy atom. The van der Waals surface area contributed by atoms with Gasteiger partial charge in [-0.15, -0.1) is 0 Å². The fourth-order valence-corrected chi connectivity index (χ4v) is 19.3. The van der Waals surface area contributed by atoms with Crippen molar-refractivity contribution in [1.29, 1.82) is 0 Å². The summed E-state index contributed by atoms with van der Waals surface area (Å²) in [6, 6.07) is 153. The van der Waals surface area contributed by atoms with Crippen molar-refractivity contribution in [2.75, 3.05) is 9.80 Å². The van der Waals surface area contributed by atoms with E-state index in [1.807, 2.05) is 18.2 Å². The molecular weight excluding hydrogens is 1520 g/mol. The van der Waals surface area contributed by atoms with Crippen LogP contribution < -0.4 is 15.3 Å². The normalized spacial score (nSPS) is 12.6. The quantitative estimate of drug-likeness (QED) is 0.134. The smallest absolute Gasteiger partial charge is 0.423 e. The SMILES string of the molecule is Brc1ccc2c(c1)-c1ccccc1-c1ccccc1-c1ccccc1-2.CC1(C)c2ccccc2-c2ccc(N(c3ccc(-c4ccccc4)cc3)c3ccc(-c4ccc5c(c4)-c4ccccc4-c4ccccc4-c4ccccc4-5)cc3)cc21.CC1(C)c2ccccc2-c2ccc(N(c3ccc(B(O)O)cc3)c3ccc(-c4ccccc4)cc3)cc21. The highest BCUT2D eigenvalue weighted by Crippen LogP contribution is 2.55. The van der Waals surface area contributed by atoms with Gasteiger partial charge >= 0.3 is 7.12 Å². The Morgan fingerprint density at radius 3 is 0.750 bits per heavy atom. The van der Waals surface area contributed by atoms with Crippen molar-refractivity contribution in [2.45, 2.75) is 38.5 Å². The molecule has 0 bridgehead atoms. The number of rotatable bonds is 10. The summed E-state index contributed by atoms with van der Waals surface area (Å²) in [6.45, 7) is 9.29. The lowest BCUT2D eigenvalue weighted by atomic mass is 9.80. The van der Waals surface area contributed by atoms with Crippen LogP contribution in [0, 0.1) is 0 Å². The van der Waals surface area contributed by atoms with Crippen LogP contribution in [-0.4, -0.2) is 17.2 Å². The van der Waals surface area contributed by atoms with Crippen LogP contribution in [0.5, 0.6) is 0 Å². The summed E-state index contributed by atoms with van der Waals surface area (Å²) < 4.78 is 1.10. The molecule has 4 nitrogen and oxygen atoms in total. The molecule has 22 rings (SSSR count). The topological polar surface area (TPSA) is 46.9 Å². The molecule has 0 spiro atoms. The minimum Gasteiger partial charge on any atom is -0.423 e. The van der Waals surface area contributed by atoms with E-state index in [0.29, 0.717) is 5.46 Å². The molecule has 0 fully saturated rings. The summed E-state index contributed by atoms with van der Waals surface area (Å²) in [4.78, 5) is 4.63. The summed E-state index contributed by atoms with van der Waals surface area (Å²) >= 11 is 3.66. The van der Waals surface area contributed by atoms with Gasteiger partial charge in [0.2, 0.25) is 0 Å². The van der Waals surface area contributed by atoms with Gasteiger partial charge in [-0.2, -0.15) is 0 Å². The third-order valence-corrected chi connectivity index (χ3v) is 25.4. The average Bonchev–Trinajstić information content (AvgIpc) is 1.47. The number of hydrogen-bond acceptors (Lipinski definition) is 4. The molecule has 0 heterocycles. The zero-order valence-electron chi connectivity index (χ0n) is 67.2. The van der Waals surface area contributed by atoms with Gasteiger partial charge in [-0.25, -0.2) is 0 Å². The second kappa shape index (κ2) is 31.1. The van der Waals surface area contributed by atoms with Crippen LogP contribution >= 0.6 is 15.9 Å². The molecule has 0 atom stereocenters. The summed E-state index contributed by atoms with van der Waals surface area (Å²) in [6.07, 6.45) is 0. The summed E-state index contributed by atoms with van der Waals surface area (Å²) in [7, 11) is -1.49. The Labute approximate surface area is 711 Å². The van der Waals surface area contributed by atoms with Gasteiger partial charge in [0, 0.05) is 49.4 Å². The highest BCUT2D eigenvalue weighted by atomic mass is 79.9. The van der Waals surface area contributed by atoms with Crippen LogP contribution in [0.25, 0.3) is 145 Å². The monoisotopic (exact) mass is 1600 g/mol. The molecular formula is C114H84BBrN2O2. The fourth-order valence-electron chi connectivity index (χ4n) is 18.9. The lowest BCUT2D eigenvalue weighted by Gasteiger charge is -2.28. The van der Waals surface area contributed by atoms with E-state index < -0.39 is 7.12 Å². The van der Waals surface area contributed by atoms with E-state index in [0.717, 1.165) is 44.2 Å². The third-order valence-electron chi connectivity index (χ3n) is 24.9. The molecule has 18 aromatic rings. The second-order valence-corrected chi connectivity index (χ2v) is 33.4. The van der Waals surface area contributed by atoms with Gasteiger partial charge in [-0.1, -0.05) is 377 Å². The first-order chi connectivity index (χ1) is 58.8. The van der Waals surface area contributed by atoms with E-state index in [-0.39, 0.29) is 10.8 Å². The first kappa shape index (κ1) is 74.8. The van der Waals surface area contributed by atoms with Crippen molar-refractivity contribution >= 4 is 62.6 Å². The molecule has 0 saturated heterocycles. The van der Waals surface area contributed by atoms with E-state index in [2.05, 4.69) is 448 Å². The molecule has 4 aliphatic rings. The van der Waals surface area contributed by atoms with Crippen molar-refractivity contribution in [3.05, 3.63) is 451 Å². The number of benzene rings is 18. The maximum Gasteiger partial charge on any atom is 0.488 e. The largest absolute Gasteiger partial charge is 0.488 e. The van der Waals surface area contributed by atoms with Gasteiger partial charge in [0.1, 0.15) is 0 Å². The van der Waals surface area contributed by atoms with Crippen molar-refractivity contribution in [2.24, 2.45) is 0 Å². The Kier molecular flexibility index (Phi) is 19.4. The molecule has 0 aliphatic heterocycles. The predicted molar refractivity (Wildman–Crippen MR) is 508 cm³/mol. The highest BCUT2D eigenvalue weighted by molar-refractivity contribution is 9.10. The van der Waals surface area contributed by atoms with Gasteiger partial charge in [-0.3, -0.25) is 0 Å². The molecule has 4 aliphatic carbocycles. The summed E-state index contributed by atoms with van der Waals surface area (Å²) in [5, 5.41) is 19.2. The molecule has 0 unspecified atom stereocenters. The number of halogens is 1. The van der Waals surface area contributed by atoms with Crippen molar-refractivity contribution in [3.63, 3.8) is 0 Å². The van der Waals surface area contributed by atoms with Crippen molar-refractivity contribution in [3.8, 4) is 145 Å². The molecule has 18 aromatic carbocycles. The van der Waals surface area contributed by atoms with Crippen molar-refractivity contribution in [1.82, 2.24) is 0 Å². The zero-order chi connectivity index (χ0) is 81.2. The number of nitrogens with zero attached hydrogens (tertiary/aromatic N) is 2. The standard InChI is InChI=1S/C57H41N.C33H28BNO2.C24H15Br/c1-57(2)55-23-13-12-22-52(55)53-35-33-44(37-56(53)57)58(42-29-24-39(25-30-42)38-14-4-3-5-15-38)43-31-26-40(27-32-43)41-28-34-51-49-20-9-8-18-47(49)45-16-6-7-17-46(45)48-19-10-11-21-50(48)54(51)36-41;1-33(2)31-11-7-6-10-29(31)30-21-20-28(22-32(30)33)35(27-18-14-25(15-19-27)34(36)37)26-16-12-24(13-17-26)23-8-4-3-5-9-23;25-16-13-14-23-21-11-4-3-9-19(21)17-7-1-2-8-18(17)20-10-5-6-12-22(20)24(23)15-16/h3-37H,1-2H3;3-22,36-37H,1-2H3;1-15H. The van der Waals surface area contributed by atoms with E-state index in [9.17, 15) is 10.0 Å². The maximum absolute atomic E-state index is 9.62. The summed E-state index contributed by atoms with van der Waals surface area (Å²) in [5.41, 5.74) is 44.8. The van der Waals surface area contributed by atoms with E-state index >= 15 is 0 Å². The molecule has 0 radical (unpaired) electrons. The average molecular weight is 1600 g/mol. The van der Waals surface area contributed by atoms with Crippen molar-refractivity contribution < 1.29 is 10.0 Å². The minimum atomic E-state index is -1.49. The van der Waals surface area contributed by atoms with Gasteiger partial charge in [-0.05, 0) is 263 Å². The van der Waals surface area contributed by atoms with Gasteiger partial charge < -0.3 is 19.8 Å². The molecule has 6 heteroatoms. The molecule has 2 N–H and O–H groups in total. The molecule has 572 valence electrons. The fraction of sp³-hybridized carbons (Fsp3) is 0.0526. The Balaban J connectivity index is 0.000000126. The Bertz CT molecular complexity index is 6920. The Morgan fingerprint density at radius 2 is 0.417 bits per heavy atom. The van der Waals surface area contributed by atoms with Crippen LogP contribution in [0.3, 0.4) is 0 Å². The van der Waals surface area contributed by atoms with Gasteiger partial charge in [0.05, 0.1) is 0 Å². The molecule has 0 saturated carbocycles. The number of anilines is 6. The van der Waals surface area contributed by atoms with Crippen LogP contribution in [0.15, 0.2) is 429 Å². The minimum absolute atomic E-state index is 0.0970. The lowest BCUT2D eigenvalue weighted by molar-refractivity contribution is 0.426. The van der Waals surface area contributed by atoms with E-state index in [1.54, 1.807) is 12.1 Å². The third kappa shape index (κ3) is 13.5. The molecule has 120 heavy (non-hydrogen) atoms. The Hall–Kier alpha value is -14.0. The van der Waals surface area contributed by atoms with E-state index in [1.165, 1.54) is 161 Å². The van der Waals surface area contributed by atoms with Crippen LogP contribution in [-0.2, 0) is 10.8 Å². The second-order valence-electron chi connectivity index (χ2n) is 32.5. The van der Waals surface area contributed by atoms with Crippen LogP contribution in [0.1, 0.15) is 49.9 Å². The maximum atomic E-state index is 9.62. The zero-order valence-corrected chi connectivity index (χ0v) is 68.7. The highest BCUT2D eigenvalue weighted by Gasteiger charge is 2.38. The number of fused-ring (bicyclic) bond motifs is 22. The van der Waals surface area contributed by atoms with Crippen LogP contribution in [0.4, 0.5) is 34.1 Å². The summed E-state index contributed by atoms with van der Waals surface area (Å²) in [5.74, 6) is 0. The molecule has 0 amide bonds. The molecule has 0 aromatic heterocycles. The lowest BCUT2D eigenvalue weighted by Crippen LogP contribution is -2.29. The predicted octanol–water partition coefficient (Wildman–Crippen LogP) is 30.0. The number of hydrogen-bond donors (Lipinski definition) is 2. The van der Waals surface area contributed by atoms with Crippen LogP contribution in [0.2, 0.25) is 0 Å². The first-order valence-corrected chi connectivity index (χ1v) is 42.1. The first-order valence-electron chi connectivity index (χ1n) is 41.3. The van der Waals surface area contributed by atoms with E-state index in [4.69, 9.17) is 0 Å². The van der Waals surface area contributed by atoms with Gasteiger partial charge in [0.25, 0.3) is 0 Å². The van der Waals surface area contributed by atoms with Gasteiger partial charge in [0.15, 0.2) is 0 Å².